The number of carbonyl (C=O) groups excluding carboxylic acids is 1. The van der Waals surface area contributed by atoms with Gasteiger partial charge in [0.25, 0.3) is 0 Å². The minimum atomic E-state index is -0.836. The second kappa shape index (κ2) is 6.67. The molecule has 1 aromatic carbocycles. The number of benzene rings is 1. The Labute approximate surface area is 149 Å². The van der Waals surface area contributed by atoms with Crippen molar-refractivity contribution in [1.82, 2.24) is 0 Å². The van der Waals surface area contributed by atoms with E-state index < -0.39 is 6.10 Å². The monoisotopic (exact) mass is 344 g/mol. The summed E-state index contributed by atoms with van der Waals surface area (Å²) in [5, 5.41) is 18.0. The fourth-order valence-corrected chi connectivity index (χ4v) is 4.35. The maximum atomic E-state index is 12.9. The van der Waals surface area contributed by atoms with Crippen molar-refractivity contribution in [2.45, 2.75) is 46.3 Å². The van der Waals surface area contributed by atoms with Crippen molar-refractivity contribution in [3.05, 3.63) is 41.0 Å². The molecule has 4 heteroatoms. The molecular formula is C21H28O4. The number of Topliss-reactive ketones (excluding diaryl/α,β-unsaturated/α-hetero) is 1. The van der Waals surface area contributed by atoms with Crippen molar-refractivity contribution in [3.63, 3.8) is 0 Å². The third-order valence-electron chi connectivity index (χ3n) is 6.46. The molecule has 2 aliphatic carbocycles. The van der Waals surface area contributed by atoms with E-state index in [2.05, 4.69) is 26.8 Å². The summed E-state index contributed by atoms with van der Waals surface area (Å²) in [7, 11) is 0. The zero-order chi connectivity index (χ0) is 18.2. The predicted molar refractivity (Wildman–Crippen MR) is 96.8 cm³/mol. The summed E-state index contributed by atoms with van der Waals surface area (Å²) in [6, 6.07) is 7.95. The lowest BCUT2D eigenvalue weighted by molar-refractivity contribution is -0.125. The van der Waals surface area contributed by atoms with Crippen molar-refractivity contribution in [1.29, 1.82) is 0 Å². The van der Waals surface area contributed by atoms with E-state index in [0.29, 0.717) is 18.3 Å². The maximum absolute atomic E-state index is 12.9. The first-order chi connectivity index (χ1) is 11.8. The molecule has 3 unspecified atom stereocenters. The first-order valence-corrected chi connectivity index (χ1v) is 9.01. The van der Waals surface area contributed by atoms with Crippen LogP contribution in [0.1, 0.15) is 44.7 Å². The van der Waals surface area contributed by atoms with Crippen LogP contribution in [0.25, 0.3) is 6.08 Å². The minimum absolute atomic E-state index is 0.0389. The molecule has 0 spiro atoms. The number of fused-ring (bicyclic) bond motifs is 2. The zero-order valence-electron chi connectivity index (χ0n) is 15.3. The van der Waals surface area contributed by atoms with Gasteiger partial charge >= 0.3 is 0 Å². The third-order valence-corrected chi connectivity index (χ3v) is 6.46. The third kappa shape index (κ3) is 3.07. The van der Waals surface area contributed by atoms with Crippen LogP contribution in [0.15, 0.2) is 29.8 Å². The molecule has 0 radical (unpaired) electrons. The van der Waals surface area contributed by atoms with E-state index >= 15 is 0 Å². The van der Waals surface area contributed by atoms with Crippen LogP contribution in [0, 0.1) is 16.7 Å². The van der Waals surface area contributed by atoms with Crippen molar-refractivity contribution in [2.24, 2.45) is 16.7 Å². The molecule has 0 amide bonds. The Kier molecular flexibility index (Phi) is 4.89. The summed E-state index contributed by atoms with van der Waals surface area (Å²) in [4.78, 5) is 12.9. The second-order valence-corrected chi connectivity index (χ2v) is 8.17. The summed E-state index contributed by atoms with van der Waals surface area (Å²) >= 11 is 0. The first-order valence-electron chi connectivity index (χ1n) is 9.01. The number of ether oxygens (including phenoxy) is 1. The molecule has 25 heavy (non-hydrogen) atoms. The lowest BCUT2D eigenvalue weighted by atomic mass is 9.70. The van der Waals surface area contributed by atoms with Gasteiger partial charge in [0.2, 0.25) is 0 Å². The van der Waals surface area contributed by atoms with E-state index in [1.54, 1.807) is 0 Å². The Morgan fingerprint density at radius 3 is 2.52 bits per heavy atom. The largest absolute Gasteiger partial charge is 0.394 e. The highest BCUT2D eigenvalue weighted by molar-refractivity contribution is 6.07. The summed E-state index contributed by atoms with van der Waals surface area (Å²) in [5.41, 5.74) is 2.84. The molecule has 2 N–H and O–H groups in total. The highest BCUT2D eigenvalue weighted by Gasteiger charge is 2.63. The minimum Gasteiger partial charge on any atom is -0.394 e. The topological polar surface area (TPSA) is 66.8 Å². The molecule has 2 bridgehead atoms. The molecule has 0 aromatic heterocycles. The SMILES string of the molecule is CC12CCC(/C(=C/c3ccc(COCC(O)CO)cc3)C1=O)C2(C)C. The van der Waals surface area contributed by atoms with Gasteiger partial charge in [-0.15, -0.1) is 0 Å². The number of aliphatic hydroxyl groups excluding tert-OH is 2. The van der Waals surface area contributed by atoms with Crippen LogP contribution in [0.2, 0.25) is 0 Å². The molecule has 2 aliphatic rings. The van der Waals surface area contributed by atoms with Crippen LogP contribution in [-0.4, -0.2) is 35.3 Å². The second-order valence-electron chi connectivity index (χ2n) is 8.17. The number of carbonyl (C=O) groups is 1. The molecular weight excluding hydrogens is 316 g/mol. The lowest BCUT2D eigenvalue weighted by Crippen LogP contribution is -2.32. The number of ketones is 1. The number of rotatable bonds is 6. The average Bonchev–Trinajstić information content (AvgIpc) is 2.90. The summed E-state index contributed by atoms with van der Waals surface area (Å²) in [6.07, 6.45) is 3.31. The van der Waals surface area contributed by atoms with Gasteiger partial charge in [0, 0.05) is 5.41 Å². The molecule has 3 rings (SSSR count). The van der Waals surface area contributed by atoms with Crippen LogP contribution in [0.4, 0.5) is 0 Å². The van der Waals surface area contributed by atoms with Gasteiger partial charge in [-0.2, -0.15) is 0 Å². The van der Waals surface area contributed by atoms with Crippen LogP contribution in [0.3, 0.4) is 0 Å². The van der Waals surface area contributed by atoms with Crippen LogP contribution < -0.4 is 0 Å². The molecule has 4 nitrogen and oxygen atoms in total. The van der Waals surface area contributed by atoms with Crippen LogP contribution in [0.5, 0.6) is 0 Å². The molecule has 0 aliphatic heterocycles. The van der Waals surface area contributed by atoms with Gasteiger partial charge < -0.3 is 14.9 Å². The first kappa shape index (κ1) is 18.3. The Bertz CT molecular complexity index is 674. The molecule has 2 fully saturated rings. The number of hydrogen-bond donors (Lipinski definition) is 2. The molecule has 3 atom stereocenters. The molecule has 136 valence electrons. The lowest BCUT2D eigenvalue weighted by Gasteiger charge is -2.31. The van der Waals surface area contributed by atoms with Gasteiger partial charge in [-0.05, 0) is 47.0 Å². The molecule has 0 saturated heterocycles. The highest BCUT2D eigenvalue weighted by atomic mass is 16.5. The van der Waals surface area contributed by atoms with E-state index in [4.69, 9.17) is 9.84 Å². The van der Waals surface area contributed by atoms with E-state index in [0.717, 1.165) is 29.5 Å². The summed E-state index contributed by atoms with van der Waals surface area (Å²) in [5.74, 6) is 0.673. The zero-order valence-corrected chi connectivity index (χ0v) is 15.3. The Morgan fingerprint density at radius 1 is 1.28 bits per heavy atom. The van der Waals surface area contributed by atoms with Crippen molar-refractivity contribution >= 4 is 11.9 Å². The Hall–Kier alpha value is -1.49. The predicted octanol–water partition coefficient (Wildman–Crippen LogP) is 2.97. The summed E-state index contributed by atoms with van der Waals surface area (Å²) in [6.45, 7) is 6.79. The Balaban J connectivity index is 1.70. The quantitative estimate of drug-likeness (QED) is 0.779. The van der Waals surface area contributed by atoms with E-state index in [-0.39, 0.29) is 24.0 Å². The van der Waals surface area contributed by atoms with Gasteiger partial charge in [0.15, 0.2) is 5.78 Å². The number of allylic oxidation sites excluding steroid dienone is 1. The van der Waals surface area contributed by atoms with Gasteiger partial charge in [0.05, 0.1) is 19.8 Å². The number of hydrogen-bond acceptors (Lipinski definition) is 4. The molecule has 0 heterocycles. The van der Waals surface area contributed by atoms with E-state index in [1.807, 2.05) is 24.3 Å². The van der Waals surface area contributed by atoms with E-state index in [1.165, 1.54) is 0 Å². The molecule has 1 aromatic rings. The van der Waals surface area contributed by atoms with Crippen molar-refractivity contribution in [3.8, 4) is 0 Å². The summed E-state index contributed by atoms with van der Waals surface area (Å²) < 4.78 is 5.36. The average molecular weight is 344 g/mol. The van der Waals surface area contributed by atoms with Gasteiger partial charge in [-0.1, -0.05) is 45.0 Å². The Morgan fingerprint density at radius 2 is 1.96 bits per heavy atom. The fraction of sp³-hybridized carbons (Fsp3) is 0.571. The standard InChI is InChI=1S/C21H28O4/c1-20(2)18-8-9-21(20,3)19(24)17(18)10-14-4-6-15(7-5-14)12-25-13-16(23)11-22/h4-7,10,16,18,22-23H,8-9,11-13H2,1-3H3/b17-10-. The van der Waals surface area contributed by atoms with E-state index in [9.17, 15) is 9.90 Å². The molecule has 2 saturated carbocycles. The normalized spacial score (nSPS) is 30.2. The van der Waals surface area contributed by atoms with Crippen LogP contribution in [-0.2, 0) is 16.1 Å². The maximum Gasteiger partial charge on any atom is 0.165 e. The smallest absolute Gasteiger partial charge is 0.165 e. The van der Waals surface area contributed by atoms with Crippen molar-refractivity contribution < 1.29 is 19.7 Å². The van der Waals surface area contributed by atoms with Crippen LogP contribution >= 0.6 is 0 Å². The fourth-order valence-electron chi connectivity index (χ4n) is 4.35. The van der Waals surface area contributed by atoms with Gasteiger partial charge in [-0.25, -0.2) is 0 Å². The van der Waals surface area contributed by atoms with Crippen molar-refractivity contribution in [2.75, 3.05) is 13.2 Å². The van der Waals surface area contributed by atoms with Gasteiger partial charge in [0.1, 0.15) is 6.10 Å². The number of aliphatic hydroxyl groups is 2. The van der Waals surface area contributed by atoms with Gasteiger partial charge in [-0.3, -0.25) is 4.79 Å². The highest BCUT2D eigenvalue weighted by Crippen LogP contribution is 2.65.